The molecule has 3 nitrogen and oxygen atoms in total. The van der Waals surface area contributed by atoms with E-state index in [0.717, 1.165) is 11.1 Å². The van der Waals surface area contributed by atoms with E-state index in [2.05, 4.69) is 21.1 Å². The maximum Gasteiger partial charge on any atom is 0.324 e. The molecule has 0 bridgehead atoms. The summed E-state index contributed by atoms with van der Waals surface area (Å²) in [6.07, 6.45) is 0. The van der Waals surface area contributed by atoms with Crippen LogP contribution >= 0.6 is 15.9 Å². The lowest BCUT2D eigenvalue weighted by Crippen LogP contribution is -1.64. The maximum atomic E-state index is 5.08. The van der Waals surface area contributed by atoms with Gasteiger partial charge in [0, 0.05) is 6.07 Å². The van der Waals surface area contributed by atoms with Gasteiger partial charge in [0.05, 0.1) is 11.1 Å². The lowest BCUT2D eigenvalue weighted by Gasteiger charge is -1.72. The second-order valence-corrected chi connectivity index (χ2v) is 2.80. The molecule has 0 saturated heterocycles. The van der Waals surface area contributed by atoms with E-state index in [1.54, 1.807) is 0 Å². The van der Waals surface area contributed by atoms with Gasteiger partial charge in [-0.15, -0.1) is 0 Å². The lowest BCUT2D eigenvalue weighted by molar-refractivity contribution is 0.379. The minimum atomic E-state index is 0.476. The summed E-state index contributed by atoms with van der Waals surface area (Å²) in [6.45, 7) is 1.87. The summed E-state index contributed by atoms with van der Waals surface area (Å²) in [7, 11) is 0. The number of fused-ring (bicyclic) bond motifs is 1. The number of aromatic nitrogens is 1. The molecular weight excluding hydrogens is 198 g/mol. The molecule has 0 N–H and O–H groups in total. The first kappa shape index (κ1) is 5.97. The van der Waals surface area contributed by atoms with Crippen molar-refractivity contribution in [3.05, 3.63) is 16.4 Å². The van der Waals surface area contributed by atoms with Crippen LogP contribution in [0.15, 0.2) is 19.7 Å². The first-order valence-corrected chi connectivity index (χ1v) is 3.58. The Morgan fingerprint density at radius 1 is 1.60 bits per heavy atom. The van der Waals surface area contributed by atoms with Gasteiger partial charge >= 0.3 is 5.78 Å². The second-order valence-electron chi connectivity index (χ2n) is 2.02. The zero-order valence-electron chi connectivity index (χ0n) is 5.22. The first-order chi connectivity index (χ1) is 4.77. The van der Waals surface area contributed by atoms with E-state index < -0.39 is 0 Å². The van der Waals surface area contributed by atoms with Gasteiger partial charge in [-0.05, 0) is 22.9 Å². The van der Waals surface area contributed by atoms with Crippen LogP contribution < -0.4 is 0 Å². The van der Waals surface area contributed by atoms with Crippen molar-refractivity contribution in [2.45, 2.75) is 6.92 Å². The quantitative estimate of drug-likeness (QED) is 0.658. The lowest BCUT2D eigenvalue weighted by atomic mass is 10.3. The Bertz CT molecular complexity index is 363. The zero-order valence-corrected chi connectivity index (χ0v) is 6.81. The fraction of sp³-hybridized carbons (Fsp3) is 0.167. The van der Waals surface area contributed by atoms with E-state index >= 15 is 0 Å². The van der Waals surface area contributed by atoms with Gasteiger partial charge < -0.3 is 8.94 Å². The van der Waals surface area contributed by atoms with E-state index in [0.29, 0.717) is 10.4 Å². The summed E-state index contributed by atoms with van der Waals surface area (Å²) in [5.41, 5.74) is 0.851. The topological polar surface area (TPSA) is 39.2 Å². The van der Waals surface area contributed by atoms with Crippen LogP contribution in [0.3, 0.4) is 0 Å². The van der Waals surface area contributed by atoms with Gasteiger partial charge in [-0.2, -0.15) is 0 Å². The molecular formula is C6H4BrNO2. The number of nitrogens with zero attached hydrogens (tertiary/aromatic N) is 1. The predicted octanol–water partition coefficient (Wildman–Crippen LogP) is 2.49. The van der Waals surface area contributed by atoms with Crippen LogP contribution in [0.1, 0.15) is 5.69 Å². The molecule has 52 valence electrons. The molecule has 0 unspecified atom stereocenters. The van der Waals surface area contributed by atoms with Crippen molar-refractivity contribution in [2.24, 2.45) is 0 Å². The number of aryl methyl sites for hydroxylation is 1. The summed E-state index contributed by atoms with van der Waals surface area (Å²) >= 11 is 3.18. The highest BCUT2D eigenvalue weighted by molar-refractivity contribution is 9.10. The molecule has 0 fully saturated rings. The fourth-order valence-electron chi connectivity index (χ4n) is 0.824. The zero-order chi connectivity index (χ0) is 7.14. The highest BCUT2D eigenvalue weighted by atomic mass is 79.9. The van der Waals surface area contributed by atoms with E-state index in [9.17, 15) is 0 Å². The molecule has 2 aromatic heterocycles. The van der Waals surface area contributed by atoms with Crippen molar-refractivity contribution < 1.29 is 8.94 Å². The molecule has 10 heavy (non-hydrogen) atoms. The highest BCUT2D eigenvalue weighted by Crippen LogP contribution is 2.25. The third-order valence-electron chi connectivity index (χ3n) is 1.32. The van der Waals surface area contributed by atoms with E-state index in [-0.39, 0.29) is 0 Å². The minimum Gasteiger partial charge on any atom is -0.417 e. The van der Waals surface area contributed by atoms with Crippen LogP contribution in [0.5, 0.6) is 0 Å². The largest absolute Gasteiger partial charge is 0.417 e. The van der Waals surface area contributed by atoms with Crippen LogP contribution in [0.2, 0.25) is 0 Å². The van der Waals surface area contributed by atoms with Crippen molar-refractivity contribution >= 4 is 27.1 Å². The van der Waals surface area contributed by atoms with Crippen LogP contribution in [-0.4, -0.2) is 5.16 Å². The highest BCUT2D eigenvalue weighted by Gasteiger charge is 2.08. The van der Waals surface area contributed by atoms with E-state index in [4.69, 9.17) is 8.94 Å². The summed E-state index contributed by atoms with van der Waals surface area (Å²) in [5, 5.41) is 4.63. The van der Waals surface area contributed by atoms with Gasteiger partial charge in [0.2, 0.25) is 0 Å². The molecule has 0 aliphatic carbocycles. The molecule has 0 radical (unpaired) electrons. The van der Waals surface area contributed by atoms with E-state index in [1.807, 2.05) is 13.0 Å². The number of rotatable bonds is 0. The molecule has 2 heterocycles. The number of hydrogen-bond donors (Lipinski definition) is 0. The van der Waals surface area contributed by atoms with Gasteiger partial charge in [0.25, 0.3) is 0 Å². The Morgan fingerprint density at radius 2 is 2.40 bits per heavy atom. The molecule has 0 aliphatic rings. The van der Waals surface area contributed by atoms with Crippen molar-refractivity contribution in [3.63, 3.8) is 0 Å². The smallest absolute Gasteiger partial charge is 0.324 e. The average molecular weight is 202 g/mol. The average Bonchev–Trinajstić information content (AvgIpc) is 2.35. The molecule has 2 rings (SSSR count). The monoisotopic (exact) mass is 201 g/mol. The summed E-state index contributed by atoms with van der Waals surface area (Å²) < 4.78 is 10.6. The number of furan rings is 1. The Hall–Kier alpha value is -0.770. The molecule has 4 heteroatoms. The summed E-state index contributed by atoms with van der Waals surface area (Å²) in [4.78, 5) is 0. The van der Waals surface area contributed by atoms with Gasteiger partial charge in [-0.25, -0.2) is 0 Å². The van der Waals surface area contributed by atoms with Gasteiger partial charge in [-0.1, -0.05) is 5.16 Å². The fourth-order valence-corrected chi connectivity index (χ4v) is 1.20. The predicted molar refractivity (Wildman–Crippen MR) is 38.7 cm³/mol. The van der Waals surface area contributed by atoms with Crippen LogP contribution in [0.4, 0.5) is 0 Å². The maximum absolute atomic E-state index is 5.08. The van der Waals surface area contributed by atoms with Crippen LogP contribution in [0.25, 0.3) is 11.2 Å². The third-order valence-corrected chi connectivity index (χ3v) is 1.71. The number of halogens is 1. The van der Waals surface area contributed by atoms with E-state index in [1.165, 1.54) is 0 Å². The minimum absolute atomic E-state index is 0.476. The standard InChI is InChI=1S/C6H4BrNO2/c1-3-4-2-5(7)9-6(4)10-8-3/h2H,1H3. The molecule has 0 spiro atoms. The Morgan fingerprint density at radius 3 is 3.10 bits per heavy atom. The first-order valence-electron chi connectivity index (χ1n) is 2.78. The van der Waals surface area contributed by atoms with Crippen LogP contribution in [-0.2, 0) is 0 Å². The van der Waals surface area contributed by atoms with Crippen molar-refractivity contribution in [1.82, 2.24) is 5.16 Å². The van der Waals surface area contributed by atoms with Crippen molar-refractivity contribution in [1.29, 1.82) is 0 Å². The number of hydrogen-bond acceptors (Lipinski definition) is 3. The van der Waals surface area contributed by atoms with Crippen molar-refractivity contribution in [3.8, 4) is 0 Å². The molecule has 0 saturated carbocycles. The normalized spacial score (nSPS) is 11.0. The van der Waals surface area contributed by atoms with Gasteiger partial charge in [0.1, 0.15) is 0 Å². The molecule has 0 amide bonds. The van der Waals surface area contributed by atoms with Crippen LogP contribution in [0, 0.1) is 6.92 Å². The molecule has 2 aromatic rings. The molecule has 0 aliphatic heterocycles. The Labute approximate surface area is 65.1 Å². The summed E-state index contributed by atoms with van der Waals surface area (Å²) in [5.74, 6) is 0.476. The van der Waals surface area contributed by atoms with Crippen molar-refractivity contribution in [2.75, 3.05) is 0 Å². The van der Waals surface area contributed by atoms with Gasteiger partial charge in [0.15, 0.2) is 4.67 Å². The second kappa shape index (κ2) is 1.85. The SMILES string of the molecule is Cc1noc2oc(Br)cc12. The molecule has 0 aromatic carbocycles. The molecule has 0 atom stereocenters. The third kappa shape index (κ3) is 0.686. The Balaban J connectivity index is 2.90. The summed E-state index contributed by atoms with van der Waals surface area (Å²) in [6, 6.07) is 1.83. The Kier molecular flexibility index (Phi) is 1.11. The van der Waals surface area contributed by atoms with Gasteiger partial charge in [-0.3, -0.25) is 0 Å².